The van der Waals surface area contributed by atoms with E-state index in [1.165, 1.54) is 4.88 Å². The molecule has 0 bridgehead atoms. The maximum absolute atomic E-state index is 13.6. The van der Waals surface area contributed by atoms with Crippen molar-refractivity contribution in [3.05, 3.63) is 108 Å². The smallest absolute Gasteiger partial charge is 0.259 e. The summed E-state index contributed by atoms with van der Waals surface area (Å²) in [5.41, 5.74) is 4.65. The first-order valence-electron chi connectivity index (χ1n) is 13.5. The molecule has 8 heteroatoms. The second kappa shape index (κ2) is 12.7. The zero-order valence-corrected chi connectivity index (χ0v) is 27.1. The Bertz CT molecular complexity index is 1570. The van der Waals surface area contributed by atoms with Crippen molar-refractivity contribution in [1.82, 2.24) is 0 Å². The van der Waals surface area contributed by atoms with Crippen LogP contribution < -0.4 is 10.1 Å². The fraction of sp³-hybridized carbons (Fsp3) is 0.273. The second-order valence-electron chi connectivity index (χ2n) is 11.3. The van der Waals surface area contributed by atoms with Crippen LogP contribution in [0.5, 0.6) is 5.75 Å². The van der Waals surface area contributed by atoms with Gasteiger partial charge < -0.3 is 10.1 Å². The quantitative estimate of drug-likeness (QED) is 0.199. The van der Waals surface area contributed by atoms with E-state index in [4.69, 9.17) is 32.9 Å². The van der Waals surface area contributed by atoms with E-state index >= 15 is 0 Å². The molecule has 4 aromatic rings. The van der Waals surface area contributed by atoms with Crippen LogP contribution in [0.25, 0.3) is 0 Å². The molecule has 1 atom stereocenters. The molecule has 0 saturated heterocycles. The number of fused-ring (bicyclic) bond motifs is 1. The van der Waals surface area contributed by atoms with Crippen LogP contribution in [-0.4, -0.2) is 12.1 Å². The Morgan fingerprint density at radius 2 is 1.76 bits per heavy atom. The van der Waals surface area contributed by atoms with Crippen molar-refractivity contribution in [3.8, 4) is 5.75 Å². The average molecular weight is 670 g/mol. The first kappa shape index (κ1) is 29.8. The van der Waals surface area contributed by atoms with Gasteiger partial charge in [-0.05, 0) is 118 Å². The molecule has 0 radical (unpaired) electrons. The number of nitrogens with one attached hydrogen (secondary N) is 1. The van der Waals surface area contributed by atoms with Gasteiger partial charge in [-0.25, -0.2) is 4.99 Å². The predicted octanol–water partition coefficient (Wildman–Crippen LogP) is 10.6. The summed E-state index contributed by atoms with van der Waals surface area (Å²) in [5.74, 6) is 1.16. The second-order valence-corrected chi connectivity index (χ2v) is 14.1. The fourth-order valence-electron chi connectivity index (χ4n) is 4.95. The Kier molecular flexibility index (Phi) is 9.24. The number of carbonyl (C=O) groups excluding carboxylic acids is 1. The lowest BCUT2D eigenvalue weighted by Crippen LogP contribution is -2.27. The number of nitrogens with zero attached hydrogens (tertiary/aromatic N) is 1. The Morgan fingerprint density at radius 1 is 1.07 bits per heavy atom. The number of hydrogen-bond acceptors (Lipinski definition) is 4. The van der Waals surface area contributed by atoms with Gasteiger partial charge in [0.25, 0.3) is 5.91 Å². The molecule has 5 rings (SSSR count). The summed E-state index contributed by atoms with van der Waals surface area (Å²) in [7, 11) is 0. The monoisotopic (exact) mass is 668 g/mol. The number of carbonyl (C=O) groups is 1. The number of anilines is 1. The zero-order valence-electron chi connectivity index (χ0n) is 23.1. The minimum atomic E-state index is -0.140. The summed E-state index contributed by atoms with van der Waals surface area (Å²) in [6.45, 7) is 7.32. The molecule has 3 aromatic carbocycles. The first-order valence-corrected chi connectivity index (χ1v) is 15.9. The molecular formula is C33H31BrCl2N2O2S. The van der Waals surface area contributed by atoms with Crippen LogP contribution in [0.15, 0.2) is 76.2 Å². The Morgan fingerprint density at radius 3 is 2.41 bits per heavy atom. The molecule has 1 heterocycles. The molecule has 212 valence electrons. The van der Waals surface area contributed by atoms with Gasteiger partial charge in [0.2, 0.25) is 0 Å². The molecule has 41 heavy (non-hydrogen) atoms. The van der Waals surface area contributed by atoms with Gasteiger partial charge in [0.1, 0.15) is 17.4 Å². The molecule has 0 unspecified atom stereocenters. The molecule has 1 aliphatic carbocycles. The van der Waals surface area contributed by atoms with Gasteiger partial charge in [-0.15, -0.1) is 11.3 Å². The molecular weight excluding hydrogens is 639 g/mol. The van der Waals surface area contributed by atoms with E-state index in [9.17, 15) is 4.79 Å². The van der Waals surface area contributed by atoms with Crippen LogP contribution >= 0.6 is 50.5 Å². The highest BCUT2D eigenvalue weighted by atomic mass is 79.9. The Hall–Kier alpha value is -2.64. The third-order valence-corrected chi connectivity index (χ3v) is 9.68. The number of aliphatic imine (C=N–C) groups is 1. The van der Waals surface area contributed by atoms with Gasteiger partial charge in [0.15, 0.2) is 0 Å². The SMILES string of the molecule is CC(C)(C)[C@H]1CCc2c(sc(N=Cc3ccc(OCc4ccc(Cl)cc4)c(Br)c3)c2C(=O)Nc2ccc(Cl)cc2)C1. The summed E-state index contributed by atoms with van der Waals surface area (Å²) in [6.07, 6.45) is 4.71. The number of hydrogen-bond donors (Lipinski definition) is 1. The molecule has 1 amide bonds. The van der Waals surface area contributed by atoms with Crippen LogP contribution in [0.2, 0.25) is 10.0 Å². The predicted molar refractivity (Wildman–Crippen MR) is 176 cm³/mol. The highest BCUT2D eigenvalue weighted by molar-refractivity contribution is 9.10. The summed E-state index contributed by atoms with van der Waals surface area (Å²) >= 11 is 17.3. The number of benzene rings is 3. The van der Waals surface area contributed by atoms with Crippen LogP contribution in [0, 0.1) is 11.3 Å². The molecule has 1 aliphatic rings. The number of rotatable bonds is 7. The van der Waals surface area contributed by atoms with Gasteiger partial charge in [-0.1, -0.05) is 56.1 Å². The lowest BCUT2D eigenvalue weighted by atomic mass is 9.72. The largest absolute Gasteiger partial charge is 0.488 e. The van der Waals surface area contributed by atoms with Crippen molar-refractivity contribution < 1.29 is 9.53 Å². The van der Waals surface area contributed by atoms with Crippen LogP contribution in [0.1, 0.15) is 59.1 Å². The number of halogens is 3. The number of amides is 1. The van der Waals surface area contributed by atoms with Gasteiger partial charge >= 0.3 is 0 Å². The third kappa shape index (κ3) is 7.42. The van der Waals surface area contributed by atoms with Gasteiger partial charge in [-0.3, -0.25) is 4.79 Å². The van der Waals surface area contributed by atoms with Crippen molar-refractivity contribution in [1.29, 1.82) is 0 Å². The van der Waals surface area contributed by atoms with E-state index in [2.05, 4.69) is 42.0 Å². The Labute approximate surface area is 263 Å². The maximum atomic E-state index is 13.6. The normalized spacial score (nSPS) is 15.1. The van der Waals surface area contributed by atoms with E-state index in [0.717, 1.165) is 51.2 Å². The lowest BCUT2D eigenvalue weighted by molar-refractivity contribution is 0.102. The van der Waals surface area contributed by atoms with Gasteiger partial charge in [0, 0.05) is 26.8 Å². The maximum Gasteiger partial charge on any atom is 0.259 e. The number of ether oxygens (including phenoxy) is 1. The lowest BCUT2D eigenvalue weighted by Gasteiger charge is -2.33. The number of thiophene rings is 1. The summed E-state index contributed by atoms with van der Waals surface area (Å²) in [6, 6.07) is 20.6. The zero-order chi connectivity index (χ0) is 29.1. The van der Waals surface area contributed by atoms with E-state index in [1.54, 1.807) is 23.5 Å². The minimum absolute atomic E-state index is 0.140. The van der Waals surface area contributed by atoms with Crippen molar-refractivity contribution in [2.45, 2.75) is 46.6 Å². The minimum Gasteiger partial charge on any atom is -0.488 e. The summed E-state index contributed by atoms with van der Waals surface area (Å²) in [5, 5.41) is 5.11. The Balaban J connectivity index is 1.39. The molecule has 4 nitrogen and oxygen atoms in total. The van der Waals surface area contributed by atoms with Crippen molar-refractivity contribution in [2.24, 2.45) is 16.3 Å². The average Bonchev–Trinajstić information content (AvgIpc) is 3.31. The van der Waals surface area contributed by atoms with E-state index < -0.39 is 0 Å². The van der Waals surface area contributed by atoms with E-state index in [-0.39, 0.29) is 11.3 Å². The third-order valence-electron chi connectivity index (χ3n) is 7.40. The van der Waals surface area contributed by atoms with Crippen molar-refractivity contribution in [3.63, 3.8) is 0 Å². The topological polar surface area (TPSA) is 50.7 Å². The summed E-state index contributed by atoms with van der Waals surface area (Å²) in [4.78, 5) is 19.7. The van der Waals surface area contributed by atoms with Gasteiger partial charge in [0.05, 0.1) is 10.0 Å². The van der Waals surface area contributed by atoms with E-state index in [0.29, 0.717) is 33.8 Å². The van der Waals surface area contributed by atoms with Crippen LogP contribution in [-0.2, 0) is 19.4 Å². The molecule has 0 fully saturated rings. The van der Waals surface area contributed by atoms with Crippen molar-refractivity contribution >= 4 is 73.3 Å². The van der Waals surface area contributed by atoms with Gasteiger partial charge in [-0.2, -0.15) is 0 Å². The molecule has 1 N–H and O–H groups in total. The molecule has 1 aromatic heterocycles. The standard InChI is InChI=1S/C33H31BrCl2N2O2S/c1-33(2,3)22-7-14-26-29(17-22)41-32(30(26)31(39)38-25-12-10-24(36)11-13-25)37-18-21-6-15-28(27(34)16-21)40-19-20-4-8-23(35)9-5-20/h4-6,8-13,15-16,18,22H,7,14,17,19H2,1-3H3,(H,38,39)/t22-/m0/s1. The molecule has 0 saturated carbocycles. The fourth-order valence-corrected chi connectivity index (χ4v) is 6.98. The van der Waals surface area contributed by atoms with Crippen molar-refractivity contribution in [2.75, 3.05) is 5.32 Å². The highest BCUT2D eigenvalue weighted by Gasteiger charge is 2.33. The molecule has 0 aliphatic heterocycles. The summed E-state index contributed by atoms with van der Waals surface area (Å²) < 4.78 is 6.82. The van der Waals surface area contributed by atoms with Crippen LogP contribution in [0.4, 0.5) is 10.7 Å². The van der Waals surface area contributed by atoms with Crippen LogP contribution in [0.3, 0.4) is 0 Å². The first-order chi connectivity index (χ1) is 19.6. The van der Waals surface area contributed by atoms with E-state index in [1.807, 2.05) is 60.8 Å². The highest BCUT2D eigenvalue weighted by Crippen LogP contribution is 2.45. The molecule has 0 spiro atoms.